The molecule has 1 fully saturated rings. The number of ether oxygens (including phenoxy) is 6. The van der Waals surface area contributed by atoms with Crippen LogP contribution in [0.5, 0.6) is 0 Å². The van der Waals surface area contributed by atoms with Gasteiger partial charge in [0.05, 0.1) is 75.5 Å². The van der Waals surface area contributed by atoms with E-state index in [1.807, 2.05) is 58.0 Å². The van der Waals surface area contributed by atoms with Gasteiger partial charge in [-0.25, -0.2) is 4.79 Å². The van der Waals surface area contributed by atoms with Crippen molar-refractivity contribution in [3.63, 3.8) is 0 Å². The summed E-state index contributed by atoms with van der Waals surface area (Å²) in [6.07, 6.45) is -0.264. The highest BCUT2D eigenvalue weighted by Crippen LogP contribution is 2.30. The van der Waals surface area contributed by atoms with Gasteiger partial charge in [-0.3, -0.25) is 53.3 Å². The number of carbonyl (C=O) groups is 11. The van der Waals surface area contributed by atoms with Crippen LogP contribution in [0.1, 0.15) is 98.5 Å². The third-order valence-corrected chi connectivity index (χ3v) is 14.4. The van der Waals surface area contributed by atoms with Crippen molar-refractivity contribution in [3.05, 3.63) is 48.6 Å². The summed E-state index contributed by atoms with van der Waals surface area (Å²) >= 11 is 0. The molecule has 1 heterocycles. The molecule has 1 aliphatic rings. The van der Waals surface area contributed by atoms with E-state index < -0.39 is 122 Å². The van der Waals surface area contributed by atoms with Crippen LogP contribution in [0.25, 0.3) is 0 Å². The van der Waals surface area contributed by atoms with E-state index in [1.54, 1.807) is 30.9 Å². The van der Waals surface area contributed by atoms with Crippen molar-refractivity contribution in [1.29, 1.82) is 0 Å². The highest BCUT2D eigenvalue weighted by atomic mass is 16.6. The van der Waals surface area contributed by atoms with Crippen LogP contribution < -0.4 is 48.3 Å². The number of nitrogens with one attached hydrogen (secondary N) is 8. The van der Waals surface area contributed by atoms with Gasteiger partial charge in [0.25, 0.3) is 0 Å². The number of amides is 9. The summed E-state index contributed by atoms with van der Waals surface area (Å²) in [4.78, 5) is 147. The molecular formula is C59H97N11O17. The summed E-state index contributed by atoms with van der Waals surface area (Å²) in [5.41, 5.74) is 6.01. The zero-order chi connectivity index (χ0) is 65.0. The van der Waals surface area contributed by atoms with Gasteiger partial charge in [-0.05, 0) is 43.6 Å². The normalized spacial score (nSPS) is 16.0. The van der Waals surface area contributed by atoms with Crippen LogP contribution in [-0.4, -0.2) is 218 Å². The number of hydrogen-bond acceptors (Lipinski definition) is 19. The van der Waals surface area contributed by atoms with Crippen LogP contribution in [0.15, 0.2) is 43.0 Å². The summed E-state index contributed by atoms with van der Waals surface area (Å²) in [5, 5.41) is 20.6. The van der Waals surface area contributed by atoms with Gasteiger partial charge in [-0.1, -0.05) is 84.0 Å². The number of esters is 2. The van der Waals surface area contributed by atoms with Gasteiger partial charge >= 0.3 is 18.0 Å². The SMILES string of the molecule is C=CCOC(=O)CC(NC(=O)CCNC(=O)OCC(NC(=O)CNC(=O)CN)C(=O)NCCOC)NC(C)C(=O)OCCCNC(=O)[C@H](Cc1ccccc1)NC(=O)[C@H](C)[C@@H](OC)[C@@H]1CCCN1C(=O)C[C@@H](OC)[C@H]([C@@H](C)CC)N(C)C(=O)CC(C)C. The fourth-order valence-electron chi connectivity index (χ4n) is 9.62. The van der Waals surface area contributed by atoms with Crippen molar-refractivity contribution in [1.82, 2.24) is 52.3 Å². The van der Waals surface area contributed by atoms with Gasteiger partial charge in [0.1, 0.15) is 31.3 Å². The molecule has 3 unspecified atom stereocenters. The molecule has 1 aliphatic heterocycles. The smallest absolute Gasteiger partial charge is 0.407 e. The maximum absolute atomic E-state index is 14.2. The zero-order valence-electron chi connectivity index (χ0n) is 52.4. The van der Waals surface area contributed by atoms with Gasteiger partial charge in [-0.2, -0.15) is 0 Å². The monoisotopic (exact) mass is 1230 g/mol. The topological polar surface area (TPSA) is 372 Å². The van der Waals surface area contributed by atoms with Gasteiger partial charge < -0.3 is 81.2 Å². The number of nitrogens with zero attached hydrogens (tertiary/aromatic N) is 2. The van der Waals surface area contributed by atoms with Gasteiger partial charge in [0.15, 0.2) is 0 Å². The Balaban J connectivity index is 2.05. The lowest BCUT2D eigenvalue weighted by Crippen LogP contribution is -2.55. The maximum Gasteiger partial charge on any atom is 0.407 e. The quantitative estimate of drug-likeness (QED) is 0.0133. The van der Waals surface area contributed by atoms with Crippen molar-refractivity contribution in [2.75, 3.05) is 94.1 Å². The first-order valence-electron chi connectivity index (χ1n) is 29.6. The number of likely N-dealkylation sites (N-methyl/N-ethyl adjacent to an activating group) is 1. The number of likely N-dealkylation sites (tertiary alicyclic amines) is 1. The lowest BCUT2D eigenvalue weighted by Gasteiger charge is -2.39. The average Bonchev–Trinajstić information content (AvgIpc) is 2.52. The van der Waals surface area contributed by atoms with E-state index in [0.29, 0.717) is 25.8 Å². The molecule has 10 atom stereocenters. The Morgan fingerprint density at radius 3 is 2.08 bits per heavy atom. The van der Waals surface area contributed by atoms with Crippen molar-refractivity contribution in [3.8, 4) is 0 Å². The number of nitrogens with two attached hydrogens (primary N) is 1. The van der Waals surface area contributed by atoms with Crippen LogP contribution in [0.2, 0.25) is 0 Å². The summed E-state index contributed by atoms with van der Waals surface area (Å²) in [5.74, 6) is -6.07. The predicted octanol–water partition coefficient (Wildman–Crippen LogP) is -0.292. The highest BCUT2D eigenvalue weighted by Gasteiger charge is 2.43. The number of rotatable bonds is 42. The largest absolute Gasteiger partial charge is 0.464 e. The van der Waals surface area contributed by atoms with Crippen molar-refractivity contribution >= 4 is 65.3 Å². The molecule has 10 N–H and O–H groups in total. The molecular weight excluding hydrogens is 1130 g/mol. The third-order valence-electron chi connectivity index (χ3n) is 14.4. The van der Waals surface area contributed by atoms with Crippen molar-refractivity contribution in [2.45, 2.75) is 148 Å². The van der Waals surface area contributed by atoms with Crippen molar-refractivity contribution in [2.24, 2.45) is 23.5 Å². The molecule has 0 aromatic heterocycles. The Hall–Kier alpha value is -7.27. The number of hydrogen-bond donors (Lipinski definition) is 9. The van der Waals surface area contributed by atoms with Gasteiger partial charge in [0.2, 0.25) is 47.3 Å². The molecule has 1 aromatic carbocycles. The number of carbonyl (C=O) groups excluding carboxylic acids is 11. The first-order valence-corrected chi connectivity index (χ1v) is 29.6. The lowest BCUT2D eigenvalue weighted by atomic mass is 9.90. The number of alkyl carbamates (subject to hydrolysis) is 1. The summed E-state index contributed by atoms with van der Waals surface area (Å²) in [6, 6.07) is 4.82. The minimum absolute atomic E-state index is 0.0195. The molecule has 87 heavy (non-hydrogen) atoms. The Kier molecular flexibility index (Phi) is 36.4. The highest BCUT2D eigenvalue weighted by molar-refractivity contribution is 5.91. The molecule has 0 aliphatic carbocycles. The van der Waals surface area contributed by atoms with Crippen LogP contribution in [-0.2, 0) is 82.8 Å². The van der Waals surface area contributed by atoms with Crippen LogP contribution >= 0.6 is 0 Å². The van der Waals surface area contributed by atoms with Crippen LogP contribution in [0, 0.1) is 17.8 Å². The van der Waals surface area contributed by atoms with E-state index in [2.05, 4.69) is 49.1 Å². The molecule has 28 nitrogen and oxygen atoms in total. The van der Waals surface area contributed by atoms with E-state index in [-0.39, 0.29) is 101 Å². The lowest BCUT2D eigenvalue weighted by molar-refractivity contribution is -0.148. The van der Waals surface area contributed by atoms with Gasteiger partial charge in [-0.15, -0.1) is 0 Å². The standard InChI is InChI=1S/C59H97N11O17/c1-12-27-85-52(76)33-46(68-47(71)22-24-63-59(81)87-36-43(57(79)62-25-29-82-9)66-49(73)35-64-48(72)34-60)65-40(7)58(80)86-28-18-23-61-56(78)42(31-41-19-15-14-16-20-41)67-55(77)39(6)54(84-11)44-21-17-26-70(44)51(75)32-45(83-10)53(38(5)13-2)69(8)50(74)30-37(3)4/h12,14-16,19-20,37-40,42-46,53-54,65H,1,13,17-18,21-36,60H2,2-11H3,(H,61,78)(H,62,79)(H,63,81)(H,64,72)(H,66,73)(H,67,77)(H,68,71)/t38-,39+,40?,42-,43?,44-,45+,46?,53-,54+/m0/s1. The van der Waals surface area contributed by atoms with E-state index in [9.17, 15) is 52.7 Å². The summed E-state index contributed by atoms with van der Waals surface area (Å²) < 4.78 is 32.5. The second-order valence-electron chi connectivity index (χ2n) is 21.6. The predicted molar refractivity (Wildman–Crippen MR) is 319 cm³/mol. The molecule has 2 rings (SSSR count). The zero-order valence-corrected chi connectivity index (χ0v) is 52.4. The molecule has 0 saturated carbocycles. The fraction of sp³-hybridized carbons (Fsp3) is 0.678. The minimum atomic E-state index is -1.37. The third kappa shape index (κ3) is 28.4. The molecule has 490 valence electrons. The molecule has 9 amide bonds. The van der Waals surface area contributed by atoms with Crippen LogP contribution in [0.3, 0.4) is 0 Å². The second-order valence-corrected chi connectivity index (χ2v) is 21.6. The first kappa shape index (κ1) is 75.8. The van der Waals surface area contributed by atoms with E-state index >= 15 is 0 Å². The molecule has 0 radical (unpaired) electrons. The average molecular weight is 1230 g/mol. The van der Waals surface area contributed by atoms with E-state index in [0.717, 1.165) is 12.0 Å². The Bertz CT molecular complexity index is 2370. The number of methoxy groups -OCH3 is 3. The molecule has 28 heteroatoms. The Labute approximate surface area is 511 Å². The van der Waals surface area contributed by atoms with E-state index in [1.165, 1.54) is 27.2 Å². The van der Waals surface area contributed by atoms with Crippen LogP contribution in [0.4, 0.5) is 4.79 Å². The maximum atomic E-state index is 14.2. The molecule has 1 saturated heterocycles. The van der Waals surface area contributed by atoms with Crippen molar-refractivity contribution < 1.29 is 81.2 Å². The Morgan fingerprint density at radius 1 is 0.759 bits per heavy atom. The van der Waals surface area contributed by atoms with Gasteiger partial charge in [0, 0.05) is 73.8 Å². The second kappa shape index (κ2) is 41.8. The molecule has 0 bridgehead atoms. The molecule has 0 spiro atoms. The minimum Gasteiger partial charge on any atom is -0.464 e. The number of benzene rings is 1. The fourth-order valence-corrected chi connectivity index (χ4v) is 9.62. The summed E-state index contributed by atoms with van der Waals surface area (Å²) in [7, 11) is 6.22. The Morgan fingerprint density at radius 2 is 1.45 bits per heavy atom. The van der Waals surface area contributed by atoms with E-state index in [4.69, 9.17) is 34.2 Å². The summed E-state index contributed by atoms with van der Waals surface area (Å²) in [6.45, 7) is 13.3. The first-order chi connectivity index (χ1) is 41.4. The molecule has 1 aromatic rings.